The fourth-order valence-corrected chi connectivity index (χ4v) is 3.61. The summed E-state index contributed by atoms with van der Waals surface area (Å²) in [5.41, 5.74) is 1.90. The maximum Gasteiger partial charge on any atom is 0.103 e. The van der Waals surface area contributed by atoms with E-state index in [1.54, 1.807) is 11.3 Å². The number of hydrogen-bond donors (Lipinski definition) is 1. The molecule has 0 spiro atoms. The number of hydrogen-bond acceptors (Lipinski definition) is 4. The van der Waals surface area contributed by atoms with Crippen molar-refractivity contribution >= 4 is 22.7 Å². The molecule has 98 valence electrons. The third kappa shape index (κ3) is 1.97. The number of nitrogens with one attached hydrogen (secondary N) is 1. The standard InChI is InChI=1S/C15H17N3S/c1-11-14(16)15(13-9-6-10-19-13)17(2)18(11)12-7-4-3-5-8-12/h3-11,15-16H,1-2H3. The first kappa shape index (κ1) is 12.4. The van der Waals surface area contributed by atoms with Crippen LogP contribution in [0.5, 0.6) is 0 Å². The van der Waals surface area contributed by atoms with Gasteiger partial charge in [0.2, 0.25) is 0 Å². The van der Waals surface area contributed by atoms with E-state index in [9.17, 15) is 0 Å². The van der Waals surface area contributed by atoms with Gasteiger partial charge in [0.25, 0.3) is 0 Å². The Morgan fingerprint density at radius 3 is 2.47 bits per heavy atom. The van der Waals surface area contributed by atoms with E-state index in [1.165, 1.54) is 4.88 Å². The molecule has 0 bridgehead atoms. The molecule has 1 saturated heterocycles. The minimum absolute atomic E-state index is 0.0650. The van der Waals surface area contributed by atoms with Gasteiger partial charge in [0.15, 0.2) is 0 Å². The Morgan fingerprint density at radius 1 is 1.11 bits per heavy atom. The third-order valence-corrected chi connectivity index (χ3v) is 4.58. The van der Waals surface area contributed by atoms with E-state index < -0.39 is 0 Å². The number of thiophene rings is 1. The summed E-state index contributed by atoms with van der Waals surface area (Å²) >= 11 is 1.72. The number of para-hydroxylation sites is 1. The molecule has 3 rings (SSSR count). The molecule has 0 amide bonds. The third-order valence-electron chi connectivity index (χ3n) is 3.66. The number of rotatable bonds is 2. The molecular weight excluding hydrogens is 254 g/mol. The van der Waals surface area contributed by atoms with Crippen LogP contribution in [0.1, 0.15) is 17.8 Å². The molecule has 0 saturated carbocycles. The number of hydrazine groups is 1. The van der Waals surface area contributed by atoms with Crippen LogP contribution in [-0.2, 0) is 0 Å². The number of nitrogens with zero attached hydrogens (tertiary/aromatic N) is 2. The van der Waals surface area contributed by atoms with E-state index >= 15 is 0 Å². The highest BCUT2D eigenvalue weighted by molar-refractivity contribution is 7.10. The average molecular weight is 271 g/mol. The lowest BCUT2D eigenvalue weighted by Gasteiger charge is -2.31. The first-order valence-electron chi connectivity index (χ1n) is 6.39. The van der Waals surface area contributed by atoms with Crippen molar-refractivity contribution in [1.29, 1.82) is 5.41 Å². The second-order valence-electron chi connectivity index (χ2n) is 4.80. The molecule has 19 heavy (non-hydrogen) atoms. The van der Waals surface area contributed by atoms with Gasteiger partial charge in [-0.1, -0.05) is 24.3 Å². The molecule has 0 radical (unpaired) electrons. The maximum atomic E-state index is 8.42. The van der Waals surface area contributed by atoms with Gasteiger partial charge >= 0.3 is 0 Å². The Morgan fingerprint density at radius 2 is 1.84 bits per heavy atom. The van der Waals surface area contributed by atoms with E-state index in [0.717, 1.165) is 11.4 Å². The van der Waals surface area contributed by atoms with E-state index in [1.807, 2.05) is 18.2 Å². The summed E-state index contributed by atoms with van der Waals surface area (Å²) in [6.07, 6.45) is 0. The zero-order chi connectivity index (χ0) is 13.4. The largest absolute Gasteiger partial charge is 0.305 e. The van der Waals surface area contributed by atoms with Gasteiger partial charge in [0, 0.05) is 11.9 Å². The molecule has 1 fully saturated rings. The molecule has 0 aliphatic carbocycles. The Hall–Kier alpha value is -1.65. The molecule has 1 aliphatic heterocycles. The van der Waals surface area contributed by atoms with Crippen LogP contribution in [0.2, 0.25) is 0 Å². The van der Waals surface area contributed by atoms with Crippen LogP contribution in [0.25, 0.3) is 0 Å². The van der Waals surface area contributed by atoms with Crippen LogP contribution in [0.4, 0.5) is 5.69 Å². The van der Waals surface area contributed by atoms with Crippen molar-refractivity contribution < 1.29 is 0 Å². The lowest BCUT2D eigenvalue weighted by atomic mass is 10.1. The molecule has 2 unspecified atom stereocenters. The molecule has 3 nitrogen and oxygen atoms in total. The second kappa shape index (κ2) is 4.79. The Balaban J connectivity index is 1.98. The zero-order valence-electron chi connectivity index (χ0n) is 11.1. The lowest BCUT2D eigenvalue weighted by molar-refractivity contribution is 0.308. The first-order valence-corrected chi connectivity index (χ1v) is 7.27. The Kier molecular flexibility index (Phi) is 3.12. The van der Waals surface area contributed by atoms with Gasteiger partial charge in [-0.25, -0.2) is 5.01 Å². The van der Waals surface area contributed by atoms with Gasteiger partial charge < -0.3 is 5.41 Å². The Bertz CT molecular complexity index is 564. The summed E-state index contributed by atoms with van der Waals surface area (Å²) in [5, 5.41) is 14.9. The van der Waals surface area contributed by atoms with Crippen LogP contribution in [0, 0.1) is 5.41 Å². The summed E-state index contributed by atoms with van der Waals surface area (Å²) in [6.45, 7) is 2.10. The zero-order valence-corrected chi connectivity index (χ0v) is 11.9. The molecule has 1 aromatic carbocycles. The van der Waals surface area contributed by atoms with Crippen molar-refractivity contribution in [3.63, 3.8) is 0 Å². The van der Waals surface area contributed by atoms with Crippen molar-refractivity contribution in [2.24, 2.45) is 0 Å². The van der Waals surface area contributed by atoms with Gasteiger partial charge in [-0.15, -0.1) is 11.3 Å². The summed E-state index contributed by atoms with van der Waals surface area (Å²) in [6, 6.07) is 14.6. The fourth-order valence-electron chi connectivity index (χ4n) is 2.73. The number of benzene rings is 1. The quantitative estimate of drug-likeness (QED) is 0.905. The van der Waals surface area contributed by atoms with Gasteiger partial charge in [-0.2, -0.15) is 0 Å². The van der Waals surface area contributed by atoms with Crippen molar-refractivity contribution in [2.45, 2.75) is 19.0 Å². The highest BCUT2D eigenvalue weighted by atomic mass is 32.1. The topological polar surface area (TPSA) is 30.3 Å². The normalized spacial score (nSPS) is 24.1. The van der Waals surface area contributed by atoms with Crippen molar-refractivity contribution in [3.8, 4) is 0 Å². The summed E-state index contributed by atoms with van der Waals surface area (Å²) in [7, 11) is 2.06. The summed E-state index contributed by atoms with van der Waals surface area (Å²) in [4.78, 5) is 1.23. The van der Waals surface area contributed by atoms with Crippen LogP contribution in [0.3, 0.4) is 0 Å². The number of anilines is 1. The lowest BCUT2D eigenvalue weighted by Crippen LogP contribution is -2.38. The van der Waals surface area contributed by atoms with E-state index in [2.05, 4.69) is 53.6 Å². The molecular formula is C15H17N3S. The van der Waals surface area contributed by atoms with Crippen molar-refractivity contribution in [2.75, 3.05) is 12.1 Å². The fraction of sp³-hybridized carbons (Fsp3) is 0.267. The summed E-state index contributed by atoms with van der Waals surface area (Å²) in [5.74, 6) is 0. The van der Waals surface area contributed by atoms with E-state index in [0.29, 0.717) is 0 Å². The predicted molar refractivity (Wildman–Crippen MR) is 80.9 cm³/mol. The first-order chi connectivity index (χ1) is 9.20. The molecule has 1 aliphatic rings. The minimum atomic E-state index is 0.0650. The average Bonchev–Trinajstić information content (AvgIpc) is 3.00. The van der Waals surface area contributed by atoms with Crippen LogP contribution < -0.4 is 5.01 Å². The van der Waals surface area contributed by atoms with Crippen LogP contribution in [0.15, 0.2) is 47.8 Å². The van der Waals surface area contributed by atoms with Crippen molar-refractivity contribution in [1.82, 2.24) is 5.01 Å². The highest BCUT2D eigenvalue weighted by Gasteiger charge is 2.40. The molecule has 1 aromatic heterocycles. The highest BCUT2D eigenvalue weighted by Crippen LogP contribution is 2.37. The minimum Gasteiger partial charge on any atom is -0.305 e. The van der Waals surface area contributed by atoms with Crippen molar-refractivity contribution in [3.05, 3.63) is 52.7 Å². The summed E-state index contributed by atoms with van der Waals surface area (Å²) < 4.78 is 0. The van der Waals surface area contributed by atoms with E-state index in [4.69, 9.17) is 5.41 Å². The predicted octanol–water partition coefficient (Wildman–Crippen LogP) is 3.56. The van der Waals surface area contributed by atoms with Crippen LogP contribution in [-0.4, -0.2) is 23.8 Å². The van der Waals surface area contributed by atoms with E-state index in [-0.39, 0.29) is 12.1 Å². The van der Waals surface area contributed by atoms with Gasteiger partial charge in [0.1, 0.15) is 6.04 Å². The maximum absolute atomic E-state index is 8.42. The smallest absolute Gasteiger partial charge is 0.103 e. The van der Waals surface area contributed by atoms with Crippen LogP contribution >= 0.6 is 11.3 Å². The van der Waals surface area contributed by atoms with Gasteiger partial charge in [-0.05, 0) is 30.5 Å². The molecule has 2 heterocycles. The molecule has 4 heteroatoms. The molecule has 2 atom stereocenters. The van der Waals surface area contributed by atoms with Gasteiger partial charge in [-0.3, -0.25) is 5.01 Å². The molecule has 1 N–H and O–H groups in total. The SMILES string of the molecule is CC1C(=N)C(c2cccs2)N(C)N1c1ccccc1. The Labute approximate surface area is 117 Å². The monoisotopic (exact) mass is 271 g/mol. The molecule has 2 aromatic rings. The van der Waals surface area contributed by atoms with Gasteiger partial charge in [0.05, 0.1) is 17.4 Å². The second-order valence-corrected chi connectivity index (χ2v) is 5.78.